The fourth-order valence-electron chi connectivity index (χ4n) is 2.93. The number of nitrogens with zero attached hydrogens (tertiary/aromatic N) is 4. The summed E-state index contributed by atoms with van der Waals surface area (Å²) in [6.07, 6.45) is 4.90. The van der Waals surface area contributed by atoms with E-state index in [1.807, 2.05) is 42.5 Å². The van der Waals surface area contributed by atoms with Gasteiger partial charge in [0, 0.05) is 6.20 Å². The molecule has 8 heteroatoms. The first kappa shape index (κ1) is 14.4. The zero-order valence-corrected chi connectivity index (χ0v) is 13.5. The molecule has 126 valence electrons. The number of hydrogen-bond donors (Lipinski definition) is 3. The van der Waals surface area contributed by atoms with Crippen molar-refractivity contribution < 1.29 is 4.79 Å². The molecule has 0 fully saturated rings. The van der Waals surface area contributed by atoms with E-state index in [1.165, 1.54) is 0 Å². The summed E-state index contributed by atoms with van der Waals surface area (Å²) in [5.41, 5.74) is 4.14. The van der Waals surface area contributed by atoms with Gasteiger partial charge < -0.3 is 10.3 Å². The lowest BCUT2D eigenvalue weighted by Gasteiger charge is -2.03. The highest BCUT2D eigenvalue weighted by Crippen LogP contribution is 2.26. The second kappa shape index (κ2) is 5.55. The number of aromatic nitrogens is 6. The monoisotopic (exact) mass is 343 g/mol. The summed E-state index contributed by atoms with van der Waals surface area (Å²) in [4.78, 5) is 20.5. The minimum absolute atomic E-state index is 0.259. The van der Waals surface area contributed by atoms with Crippen LogP contribution in [0.1, 0.15) is 10.4 Å². The molecule has 1 amide bonds. The Morgan fingerprint density at radius 1 is 1.08 bits per heavy atom. The van der Waals surface area contributed by atoms with Gasteiger partial charge in [-0.1, -0.05) is 18.2 Å². The van der Waals surface area contributed by atoms with E-state index in [-0.39, 0.29) is 5.91 Å². The van der Waals surface area contributed by atoms with Gasteiger partial charge in [-0.2, -0.15) is 10.2 Å². The van der Waals surface area contributed by atoms with Crippen LogP contribution < -0.4 is 5.32 Å². The Morgan fingerprint density at radius 2 is 1.96 bits per heavy atom. The molecule has 0 saturated heterocycles. The number of para-hydroxylation sites is 2. The first-order valence-electron chi connectivity index (χ1n) is 8.02. The Balaban J connectivity index is 1.50. The second-order valence-electron chi connectivity index (χ2n) is 5.80. The molecule has 1 aromatic carbocycles. The normalized spacial score (nSPS) is 11.2. The number of imidazole rings is 1. The van der Waals surface area contributed by atoms with Crippen molar-refractivity contribution in [2.45, 2.75) is 0 Å². The largest absolute Gasteiger partial charge is 0.337 e. The molecule has 0 unspecified atom stereocenters. The molecule has 4 heterocycles. The Morgan fingerprint density at radius 3 is 2.88 bits per heavy atom. The number of carbonyl (C=O) groups excluding carboxylic acids is 1. The molecule has 0 aliphatic heterocycles. The number of amides is 1. The third-order valence-electron chi connectivity index (χ3n) is 4.18. The molecule has 26 heavy (non-hydrogen) atoms. The van der Waals surface area contributed by atoms with Crippen LogP contribution in [-0.2, 0) is 0 Å². The molecular formula is C18H13N7O. The number of aromatic amines is 2. The summed E-state index contributed by atoms with van der Waals surface area (Å²) >= 11 is 0. The highest BCUT2D eigenvalue weighted by molar-refractivity contribution is 6.09. The van der Waals surface area contributed by atoms with Gasteiger partial charge in [0.1, 0.15) is 5.69 Å². The molecule has 0 aliphatic rings. The predicted octanol–water partition coefficient (Wildman–Crippen LogP) is 2.85. The van der Waals surface area contributed by atoms with E-state index < -0.39 is 0 Å². The molecular weight excluding hydrogens is 330 g/mol. The van der Waals surface area contributed by atoms with Crippen molar-refractivity contribution in [1.29, 1.82) is 0 Å². The van der Waals surface area contributed by atoms with Gasteiger partial charge in [0.05, 0.1) is 40.2 Å². The van der Waals surface area contributed by atoms with Crippen LogP contribution in [-0.4, -0.2) is 35.7 Å². The smallest absolute Gasteiger partial charge is 0.259 e. The topological polar surface area (TPSA) is 104 Å². The van der Waals surface area contributed by atoms with Crippen LogP contribution in [0.3, 0.4) is 0 Å². The standard InChI is InChI=1S/C18H13N7O/c26-18(11-9-20-25-8-4-3-7-15(11)25)23-14-10-19-24-16(14)17-21-12-5-1-2-6-13(12)22-17/h1-10H,(H,19,24)(H,21,22)(H,23,26). The predicted molar refractivity (Wildman–Crippen MR) is 96.8 cm³/mol. The Hall–Kier alpha value is -3.94. The van der Waals surface area contributed by atoms with Crippen molar-refractivity contribution in [3.63, 3.8) is 0 Å². The molecule has 0 aliphatic carbocycles. The van der Waals surface area contributed by atoms with E-state index in [4.69, 9.17) is 0 Å². The Bertz CT molecular complexity index is 1210. The maximum Gasteiger partial charge on any atom is 0.259 e. The Kier molecular flexibility index (Phi) is 3.08. The summed E-state index contributed by atoms with van der Waals surface area (Å²) in [6, 6.07) is 13.3. The van der Waals surface area contributed by atoms with Crippen LogP contribution in [0, 0.1) is 0 Å². The average Bonchev–Trinajstić information content (AvgIpc) is 3.38. The van der Waals surface area contributed by atoms with E-state index in [2.05, 4.69) is 30.6 Å². The zero-order chi connectivity index (χ0) is 17.5. The van der Waals surface area contributed by atoms with Crippen LogP contribution in [0.2, 0.25) is 0 Å². The van der Waals surface area contributed by atoms with Crippen molar-refractivity contribution in [2.24, 2.45) is 0 Å². The maximum atomic E-state index is 12.7. The third kappa shape index (κ3) is 2.24. The molecule has 3 N–H and O–H groups in total. The lowest BCUT2D eigenvalue weighted by molar-refractivity contribution is 0.102. The molecule has 5 aromatic rings. The van der Waals surface area contributed by atoms with Gasteiger partial charge >= 0.3 is 0 Å². The molecule has 8 nitrogen and oxygen atoms in total. The van der Waals surface area contributed by atoms with Crippen LogP contribution in [0.15, 0.2) is 61.1 Å². The maximum absolute atomic E-state index is 12.7. The number of carbonyl (C=O) groups is 1. The molecule has 0 saturated carbocycles. The zero-order valence-electron chi connectivity index (χ0n) is 13.5. The number of rotatable bonds is 3. The second-order valence-corrected chi connectivity index (χ2v) is 5.80. The van der Waals surface area contributed by atoms with Gasteiger partial charge in [-0.15, -0.1) is 0 Å². The molecule has 0 bridgehead atoms. The lowest BCUT2D eigenvalue weighted by Crippen LogP contribution is -2.12. The van der Waals surface area contributed by atoms with Gasteiger partial charge in [0.25, 0.3) is 5.91 Å². The van der Waals surface area contributed by atoms with Crippen molar-refractivity contribution in [1.82, 2.24) is 29.8 Å². The van der Waals surface area contributed by atoms with Crippen molar-refractivity contribution in [2.75, 3.05) is 5.32 Å². The number of fused-ring (bicyclic) bond motifs is 2. The first-order chi connectivity index (χ1) is 12.8. The molecule has 4 aromatic heterocycles. The molecule has 5 rings (SSSR count). The number of hydrogen-bond acceptors (Lipinski definition) is 4. The number of anilines is 1. The lowest BCUT2D eigenvalue weighted by atomic mass is 10.2. The van der Waals surface area contributed by atoms with Crippen molar-refractivity contribution in [3.05, 3.63) is 66.6 Å². The summed E-state index contributed by atoms with van der Waals surface area (Å²) in [6.45, 7) is 0. The summed E-state index contributed by atoms with van der Waals surface area (Å²) in [5, 5.41) is 14.0. The third-order valence-corrected chi connectivity index (χ3v) is 4.18. The number of pyridine rings is 1. The quantitative estimate of drug-likeness (QED) is 0.468. The number of H-pyrrole nitrogens is 2. The van der Waals surface area contributed by atoms with E-state index in [9.17, 15) is 4.79 Å². The molecule has 0 atom stereocenters. The van der Waals surface area contributed by atoms with E-state index in [0.717, 1.165) is 16.6 Å². The van der Waals surface area contributed by atoms with Crippen molar-refractivity contribution in [3.8, 4) is 11.5 Å². The minimum Gasteiger partial charge on any atom is -0.337 e. The summed E-state index contributed by atoms with van der Waals surface area (Å²) in [5.74, 6) is 0.351. The first-order valence-corrected chi connectivity index (χ1v) is 8.02. The number of benzene rings is 1. The van der Waals surface area contributed by atoms with Gasteiger partial charge in [0.2, 0.25) is 0 Å². The van der Waals surface area contributed by atoms with Gasteiger partial charge in [-0.3, -0.25) is 9.89 Å². The van der Waals surface area contributed by atoms with Gasteiger partial charge in [0.15, 0.2) is 5.82 Å². The van der Waals surface area contributed by atoms with Gasteiger partial charge in [-0.05, 0) is 24.3 Å². The van der Waals surface area contributed by atoms with Crippen LogP contribution in [0.4, 0.5) is 5.69 Å². The van der Waals surface area contributed by atoms with E-state index >= 15 is 0 Å². The number of nitrogens with one attached hydrogen (secondary N) is 3. The average molecular weight is 343 g/mol. The van der Waals surface area contributed by atoms with Crippen molar-refractivity contribution >= 4 is 28.1 Å². The van der Waals surface area contributed by atoms with E-state index in [1.54, 1.807) is 23.1 Å². The van der Waals surface area contributed by atoms with Crippen LogP contribution in [0.5, 0.6) is 0 Å². The fourth-order valence-corrected chi connectivity index (χ4v) is 2.93. The molecule has 0 spiro atoms. The van der Waals surface area contributed by atoms with Crippen LogP contribution in [0.25, 0.3) is 28.1 Å². The Labute approximate surface area is 146 Å². The molecule has 0 radical (unpaired) electrons. The highest BCUT2D eigenvalue weighted by atomic mass is 16.1. The SMILES string of the molecule is O=C(Nc1cn[nH]c1-c1nc2ccccc2[nH]1)c1cnn2ccccc12. The van der Waals surface area contributed by atoms with E-state index in [0.29, 0.717) is 22.8 Å². The van der Waals surface area contributed by atoms with Gasteiger partial charge in [-0.25, -0.2) is 9.50 Å². The summed E-state index contributed by atoms with van der Waals surface area (Å²) in [7, 11) is 0. The minimum atomic E-state index is -0.259. The van der Waals surface area contributed by atoms with Crippen LogP contribution >= 0.6 is 0 Å². The fraction of sp³-hybridized carbons (Fsp3) is 0. The highest BCUT2D eigenvalue weighted by Gasteiger charge is 2.17. The summed E-state index contributed by atoms with van der Waals surface area (Å²) < 4.78 is 1.66.